The topological polar surface area (TPSA) is 150 Å². The average molecular weight is 675 g/mol. The number of carbonyl (C=O) groups is 2. The van der Waals surface area contributed by atoms with Crippen LogP contribution < -0.4 is 11.5 Å². The van der Waals surface area contributed by atoms with Crippen LogP contribution in [0.25, 0.3) is 0 Å². The third-order valence-electron chi connectivity index (χ3n) is 3.28. The van der Waals surface area contributed by atoms with Gasteiger partial charge in [-0.05, 0) is 67.8 Å². The second kappa shape index (κ2) is 9.65. The monoisotopic (exact) mass is 675 g/mol. The fourth-order valence-corrected chi connectivity index (χ4v) is 6.20. The summed E-state index contributed by atoms with van der Waals surface area (Å²) in [6.45, 7) is -1.39. The number of hydrogen-bond donors (Lipinski definition) is 5. The molecule has 0 radical (unpaired) electrons. The molecule has 0 saturated heterocycles. The zero-order valence-electron chi connectivity index (χ0n) is 12.3. The molecule has 0 spiro atoms. The number of halogens is 3. The molecule has 8 nitrogen and oxygen atoms in total. The van der Waals surface area contributed by atoms with Gasteiger partial charge in [-0.2, -0.15) is 0 Å². The Morgan fingerprint density at radius 2 is 1.50 bits per heavy atom. The van der Waals surface area contributed by atoms with E-state index in [1.807, 2.05) is 67.8 Å². The fourth-order valence-electron chi connectivity index (χ4n) is 2.04. The van der Waals surface area contributed by atoms with Crippen molar-refractivity contribution in [3.05, 3.63) is 21.8 Å². The first kappa shape index (κ1) is 22.1. The van der Waals surface area contributed by atoms with E-state index in [0.717, 1.165) is 4.90 Å². The van der Waals surface area contributed by atoms with Gasteiger partial charge in [0, 0.05) is 10.1 Å². The van der Waals surface area contributed by atoms with E-state index in [-0.39, 0.29) is 30.0 Å². The Bertz CT molecular complexity index is 652. The summed E-state index contributed by atoms with van der Waals surface area (Å²) >= 11 is 5.64. The van der Waals surface area contributed by atoms with Crippen LogP contribution in [0.4, 0.5) is 5.69 Å². The zero-order valence-corrected chi connectivity index (χ0v) is 18.8. The Kier molecular flexibility index (Phi) is 8.88. The van der Waals surface area contributed by atoms with Crippen LogP contribution in [0.1, 0.15) is 20.7 Å². The van der Waals surface area contributed by atoms with E-state index in [4.69, 9.17) is 11.5 Å². The molecule has 11 heteroatoms. The lowest BCUT2D eigenvalue weighted by molar-refractivity contribution is 0.0404. The molecular formula is C13H16I3N3O5. The van der Waals surface area contributed by atoms with Gasteiger partial charge in [-0.25, -0.2) is 0 Å². The first-order valence-corrected chi connectivity index (χ1v) is 9.85. The van der Waals surface area contributed by atoms with Crippen molar-refractivity contribution in [3.63, 3.8) is 0 Å². The van der Waals surface area contributed by atoms with Gasteiger partial charge in [-0.1, -0.05) is 0 Å². The molecule has 134 valence electrons. The average Bonchev–Trinajstić information content (AvgIpc) is 2.52. The Morgan fingerprint density at radius 3 is 1.92 bits per heavy atom. The lowest BCUT2D eigenvalue weighted by atomic mass is 10.1. The van der Waals surface area contributed by atoms with Crippen LogP contribution in [0.15, 0.2) is 0 Å². The van der Waals surface area contributed by atoms with E-state index < -0.39 is 31.1 Å². The first-order valence-electron chi connectivity index (χ1n) is 6.62. The van der Waals surface area contributed by atoms with Gasteiger partial charge >= 0.3 is 0 Å². The molecule has 0 aliphatic carbocycles. The predicted octanol–water partition coefficient (Wildman–Crippen LogP) is -0.0308. The van der Waals surface area contributed by atoms with Crippen molar-refractivity contribution >= 4 is 85.3 Å². The number of carbonyl (C=O) groups excluding carboxylic acids is 2. The van der Waals surface area contributed by atoms with Crippen LogP contribution in [-0.4, -0.2) is 64.4 Å². The largest absolute Gasteiger partial charge is 0.397 e. The molecule has 0 unspecified atom stereocenters. The minimum Gasteiger partial charge on any atom is -0.397 e. The first-order chi connectivity index (χ1) is 11.2. The third-order valence-corrected chi connectivity index (χ3v) is 6.59. The van der Waals surface area contributed by atoms with Crippen molar-refractivity contribution in [1.82, 2.24) is 4.90 Å². The summed E-state index contributed by atoms with van der Waals surface area (Å²) < 4.78 is 1.24. The number of nitrogens with two attached hydrogens (primary N) is 2. The summed E-state index contributed by atoms with van der Waals surface area (Å²) in [5, 5.41) is 27.9. The predicted molar refractivity (Wildman–Crippen MR) is 114 cm³/mol. The molecule has 0 aromatic heterocycles. The fraction of sp³-hybridized carbons (Fsp3) is 0.385. The Hall–Kier alpha value is 0.0300. The maximum atomic E-state index is 12.9. The van der Waals surface area contributed by atoms with Crippen LogP contribution in [0.2, 0.25) is 0 Å². The standard InChI is InChI=1S/C13H16I3N3O5/c14-8-6(12(18)23)9(15)11(17)10(16)7(8)13(24)19(1-2-20)5(3-21)4-22/h5,20-22H,1-4,17H2,(H2,18,23). The second-order valence-corrected chi connectivity index (χ2v) is 7.95. The Balaban J connectivity index is 3.59. The number of rotatable bonds is 7. The van der Waals surface area contributed by atoms with Crippen molar-refractivity contribution < 1.29 is 24.9 Å². The number of primary amides is 1. The minimum atomic E-state index is -0.881. The maximum Gasteiger partial charge on any atom is 0.256 e. The second-order valence-electron chi connectivity index (χ2n) is 4.71. The van der Waals surface area contributed by atoms with Gasteiger partial charge in [0.2, 0.25) is 0 Å². The molecular weight excluding hydrogens is 659 g/mol. The van der Waals surface area contributed by atoms with Crippen LogP contribution in [0.3, 0.4) is 0 Å². The quantitative estimate of drug-likeness (QED) is 0.203. The summed E-state index contributed by atoms with van der Waals surface area (Å²) in [6, 6.07) is -0.881. The summed E-state index contributed by atoms with van der Waals surface area (Å²) in [4.78, 5) is 25.8. The van der Waals surface area contributed by atoms with E-state index in [2.05, 4.69) is 0 Å². The summed E-state index contributed by atoms with van der Waals surface area (Å²) in [7, 11) is 0. The number of aliphatic hydroxyl groups excluding tert-OH is 3. The normalized spacial score (nSPS) is 11.0. The highest BCUT2D eigenvalue weighted by Crippen LogP contribution is 2.34. The lowest BCUT2D eigenvalue weighted by Crippen LogP contribution is -2.46. The molecule has 0 atom stereocenters. The van der Waals surface area contributed by atoms with Crippen molar-refractivity contribution in [1.29, 1.82) is 0 Å². The molecule has 1 aromatic rings. The van der Waals surface area contributed by atoms with Gasteiger partial charge in [0.25, 0.3) is 11.8 Å². The SMILES string of the molecule is NC(=O)c1c(I)c(N)c(I)c(C(=O)N(CCO)C(CO)CO)c1I. The molecule has 0 bridgehead atoms. The smallest absolute Gasteiger partial charge is 0.256 e. The van der Waals surface area contributed by atoms with Crippen LogP contribution >= 0.6 is 67.8 Å². The van der Waals surface area contributed by atoms with Crippen LogP contribution in [0.5, 0.6) is 0 Å². The van der Waals surface area contributed by atoms with E-state index >= 15 is 0 Å². The van der Waals surface area contributed by atoms with Gasteiger partial charge < -0.3 is 31.7 Å². The van der Waals surface area contributed by atoms with E-state index in [0.29, 0.717) is 10.7 Å². The number of nitrogens with zero attached hydrogens (tertiary/aromatic N) is 1. The zero-order chi connectivity index (χ0) is 18.6. The number of hydrogen-bond acceptors (Lipinski definition) is 6. The molecule has 0 saturated carbocycles. The molecule has 0 aliphatic heterocycles. The lowest BCUT2D eigenvalue weighted by Gasteiger charge is -2.30. The van der Waals surface area contributed by atoms with Gasteiger partial charge in [0.1, 0.15) is 0 Å². The van der Waals surface area contributed by atoms with Crippen LogP contribution in [-0.2, 0) is 0 Å². The number of nitrogen functional groups attached to an aromatic ring is 1. The maximum absolute atomic E-state index is 12.9. The number of aliphatic hydroxyl groups is 3. The molecule has 1 rings (SSSR count). The van der Waals surface area contributed by atoms with E-state index in [1.165, 1.54) is 0 Å². The molecule has 24 heavy (non-hydrogen) atoms. The Labute approximate surface area is 179 Å². The Morgan fingerprint density at radius 1 is 1.00 bits per heavy atom. The van der Waals surface area contributed by atoms with Gasteiger partial charge in [0.15, 0.2) is 0 Å². The minimum absolute atomic E-state index is 0.0887. The van der Waals surface area contributed by atoms with Gasteiger partial charge in [0.05, 0.1) is 49.8 Å². The van der Waals surface area contributed by atoms with E-state index in [1.54, 1.807) is 0 Å². The molecule has 0 aliphatic rings. The van der Waals surface area contributed by atoms with Crippen molar-refractivity contribution in [2.24, 2.45) is 5.73 Å². The van der Waals surface area contributed by atoms with E-state index in [9.17, 15) is 24.9 Å². The summed E-state index contributed by atoms with van der Waals surface area (Å²) in [5.74, 6) is -1.27. The summed E-state index contributed by atoms with van der Waals surface area (Å²) in [5.41, 5.74) is 11.9. The van der Waals surface area contributed by atoms with Gasteiger partial charge in [-0.3, -0.25) is 9.59 Å². The molecule has 7 N–H and O–H groups in total. The van der Waals surface area contributed by atoms with Crippen molar-refractivity contribution in [2.75, 3.05) is 32.1 Å². The highest BCUT2D eigenvalue weighted by Gasteiger charge is 2.31. The van der Waals surface area contributed by atoms with Crippen molar-refractivity contribution in [2.45, 2.75) is 6.04 Å². The molecule has 2 amide bonds. The number of anilines is 1. The molecule has 1 aromatic carbocycles. The highest BCUT2D eigenvalue weighted by atomic mass is 127. The number of benzene rings is 1. The molecule has 0 heterocycles. The third kappa shape index (κ3) is 4.40. The molecule has 0 fully saturated rings. The number of amides is 2. The van der Waals surface area contributed by atoms with Crippen LogP contribution in [0, 0.1) is 10.7 Å². The van der Waals surface area contributed by atoms with Crippen molar-refractivity contribution in [3.8, 4) is 0 Å². The van der Waals surface area contributed by atoms with Gasteiger partial charge in [-0.15, -0.1) is 0 Å². The highest BCUT2D eigenvalue weighted by molar-refractivity contribution is 14.1. The summed E-state index contributed by atoms with van der Waals surface area (Å²) in [6.07, 6.45) is 0.